The molecule has 4 heavy (non-hydrogen) atoms. The first kappa shape index (κ1) is 34.5. The first-order chi connectivity index (χ1) is 0. The van der Waals surface area contributed by atoms with Crippen molar-refractivity contribution in [3.63, 3.8) is 0 Å². The zero-order valence-corrected chi connectivity index (χ0v) is 6.28. The maximum atomic E-state index is 0. The molecule has 0 radical (unpaired) electrons. The van der Waals surface area contributed by atoms with Gasteiger partial charge in [-0.15, -0.1) is 0 Å². The molecule has 0 aromatic heterocycles. The number of hydrogen-bond acceptors (Lipinski definition) is 0. The van der Waals surface area contributed by atoms with Gasteiger partial charge < -0.3 is 0 Å². The molecule has 0 fully saturated rings. The molecular formula is HLiNi2Zn. The summed E-state index contributed by atoms with van der Waals surface area (Å²) in [7, 11) is 0. The second-order valence-electron chi connectivity index (χ2n) is 0. The van der Waals surface area contributed by atoms with Gasteiger partial charge in [0.25, 0.3) is 0 Å². The van der Waals surface area contributed by atoms with Crippen molar-refractivity contribution in [3.05, 3.63) is 0 Å². The minimum atomic E-state index is 0. The van der Waals surface area contributed by atoms with Crippen LogP contribution in [0.3, 0.4) is 0 Å². The molecular weight excluding hydrogens is 190 g/mol. The van der Waals surface area contributed by atoms with Crippen LogP contribution in [-0.4, -0.2) is 18.9 Å². The van der Waals surface area contributed by atoms with Gasteiger partial charge in [-0.25, -0.2) is 0 Å². The Morgan fingerprint density at radius 2 is 0.750 bits per heavy atom. The molecule has 0 aromatic carbocycles. The second kappa shape index (κ2) is 18.9. The van der Waals surface area contributed by atoms with E-state index in [4.69, 9.17) is 0 Å². The van der Waals surface area contributed by atoms with Gasteiger partial charge in [-0.05, 0) is 0 Å². The molecule has 0 rings (SSSR count). The Balaban J connectivity index is 0. The van der Waals surface area contributed by atoms with Crippen LogP contribution in [0.4, 0.5) is 0 Å². The van der Waals surface area contributed by atoms with Crippen molar-refractivity contribution in [3.8, 4) is 0 Å². The number of rotatable bonds is 0. The van der Waals surface area contributed by atoms with E-state index in [0.717, 1.165) is 0 Å². The summed E-state index contributed by atoms with van der Waals surface area (Å²) in [5, 5.41) is 0. The molecule has 0 saturated carbocycles. The van der Waals surface area contributed by atoms with Crippen LogP contribution in [0.15, 0.2) is 0 Å². The van der Waals surface area contributed by atoms with Gasteiger partial charge in [-0.3, -0.25) is 0 Å². The van der Waals surface area contributed by atoms with E-state index < -0.39 is 0 Å². The number of hydrogen-bond donors (Lipinski definition) is 0. The van der Waals surface area contributed by atoms with Gasteiger partial charge in [0.15, 0.2) is 0 Å². The van der Waals surface area contributed by atoms with E-state index in [2.05, 4.69) is 0 Å². The van der Waals surface area contributed by atoms with E-state index in [-0.39, 0.29) is 71.3 Å². The Kier molecular flexibility index (Phi) is 163. The van der Waals surface area contributed by atoms with Crippen LogP contribution in [0, 0.1) is 0 Å². The maximum absolute atomic E-state index is 0. The van der Waals surface area contributed by atoms with E-state index in [9.17, 15) is 0 Å². The Morgan fingerprint density at radius 1 is 0.750 bits per heavy atom. The molecule has 0 aliphatic carbocycles. The third-order valence-corrected chi connectivity index (χ3v) is 0. The van der Waals surface area contributed by atoms with Crippen LogP contribution < -0.4 is 0 Å². The third-order valence-electron chi connectivity index (χ3n) is 0. The smallest absolute Gasteiger partial charge is 0 e. The van der Waals surface area contributed by atoms with Gasteiger partial charge in [0.1, 0.15) is 0 Å². The second-order valence-corrected chi connectivity index (χ2v) is 0. The average Bonchev–Trinajstić information content (AvgIpc) is 0. The van der Waals surface area contributed by atoms with Gasteiger partial charge in [-0.2, -0.15) is 0 Å². The van der Waals surface area contributed by atoms with Crippen LogP contribution in [0.5, 0.6) is 0 Å². The molecule has 0 spiro atoms. The summed E-state index contributed by atoms with van der Waals surface area (Å²) < 4.78 is 0. The maximum Gasteiger partial charge on any atom is 0 e. The van der Waals surface area contributed by atoms with Crippen LogP contribution in [0.25, 0.3) is 0 Å². The summed E-state index contributed by atoms with van der Waals surface area (Å²) in [5.74, 6) is 0. The third kappa shape index (κ3) is 8.88. The summed E-state index contributed by atoms with van der Waals surface area (Å²) >= 11 is 0. The standard InChI is InChI=1S/Li.2Ni.Zn.H. The molecule has 0 bridgehead atoms. The molecule has 24 valence electrons. The van der Waals surface area contributed by atoms with Crippen molar-refractivity contribution >= 4 is 18.9 Å². The van der Waals surface area contributed by atoms with Crippen LogP contribution >= 0.6 is 0 Å². The molecule has 0 aliphatic heterocycles. The van der Waals surface area contributed by atoms with E-state index in [1.165, 1.54) is 0 Å². The molecule has 0 aromatic rings. The Morgan fingerprint density at radius 3 is 0.750 bits per heavy atom. The van der Waals surface area contributed by atoms with Crippen LogP contribution in [-0.2, 0) is 52.5 Å². The minimum Gasteiger partial charge on any atom is 0 e. The summed E-state index contributed by atoms with van der Waals surface area (Å²) in [6.45, 7) is 0. The van der Waals surface area contributed by atoms with Gasteiger partial charge >= 0.3 is 18.9 Å². The first-order valence-corrected chi connectivity index (χ1v) is 0. The molecule has 0 N–H and O–H groups in total. The van der Waals surface area contributed by atoms with Crippen molar-refractivity contribution in [1.82, 2.24) is 0 Å². The van der Waals surface area contributed by atoms with Crippen molar-refractivity contribution in [2.75, 3.05) is 0 Å². The van der Waals surface area contributed by atoms with Crippen molar-refractivity contribution in [1.29, 1.82) is 0 Å². The molecule has 0 unspecified atom stereocenters. The van der Waals surface area contributed by atoms with E-state index in [1.807, 2.05) is 0 Å². The normalized spacial score (nSPS) is 0. The van der Waals surface area contributed by atoms with Gasteiger partial charge in [0.2, 0.25) is 0 Å². The monoisotopic (exact) mass is 188 g/mol. The first-order valence-electron chi connectivity index (χ1n) is 0. The van der Waals surface area contributed by atoms with Gasteiger partial charge in [0, 0.05) is 52.5 Å². The van der Waals surface area contributed by atoms with Gasteiger partial charge in [0.05, 0.1) is 0 Å². The van der Waals surface area contributed by atoms with E-state index >= 15 is 0 Å². The van der Waals surface area contributed by atoms with Crippen LogP contribution in [0.2, 0.25) is 0 Å². The van der Waals surface area contributed by atoms with E-state index in [0.29, 0.717) is 0 Å². The van der Waals surface area contributed by atoms with E-state index in [1.54, 1.807) is 0 Å². The Hall–Kier alpha value is 2.21. The zero-order chi connectivity index (χ0) is 0. The summed E-state index contributed by atoms with van der Waals surface area (Å²) in [6, 6.07) is 0. The van der Waals surface area contributed by atoms with Crippen LogP contribution in [0.1, 0.15) is 0 Å². The zero-order valence-electron chi connectivity index (χ0n) is 1.34. The summed E-state index contributed by atoms with van der Waals surface area (Å²) in [4.78, 5) is 0. The molecule has 4 heteroatoms. The quantitative estimate of drug-likeness (QED) is 0.446. The van der Waals surface area contributed by atoms with Crippen molar-refractivity contribution in [2.45, 2.75) is 0 Å². The summed E-state index contributed by atoms with van der Waals surface area (Å²) in [5.41, 5.74) is 0. The van der Waals surface area contributed by atoms with Gasteiger partial charge in [-0.1, -0.05) is 0 Å². The SMILES string of the molecule is [LiH].[Ni].[Ni].[Zn]. The molecule has 0 aliphatic rings. The molecule has 0 atom stereocenters. The molecule has 0 saturated heterocycles. The predicted molar refractivity (Wildman–Crippen MR) is 7.15 cm³/mol. The average molecular weight is 191 g/mol. The Bertz CT molecular complexity index is 6.00. The fourth-order valence-corrected chi connectivity index (χ4v) is 0. The van der Waals surface area contributed by atoms with Crippen molar-refractivity contribution in [2.24, 2.45) is 0 Å². The molecule has 0 heterocycles. The van der Waals surface area contributed by atoms with Crippen molar-refractivity contribution < 1.29 is 52.5 Å². The topological polar surface area (TPSA) is 0 Å². The largest absolute Gasteiger partial charge is 0 e. The molecule has 0 amide bonds. The fraction of sp³-hybridized carbons (Fsp3) is 0. The summed E-state index contributed by atoms with van der Waals surface area (Å²) in [6.07, 6.45) is 0. The fourth-order valence-electron chi connectivity index (χ4n) is 0. The Labute approximate surface area is 70.6 Å². The molecule has 0 nitrogen and oxygen atoms in total. The predicted octanol–water partition coefficient (Wildman–Crippen LogP) is -0.656. The minimum absolute atomic E-state index is 0.